The van der Waals surface area contributed by atoms with Crippen LogP contribution in [0.2, 0.25) is 0 Å². The van der Waals surface area contributed by atoms with Gasteiger partial charge in [0.2, 0.25) is 5.91 Å². The number of nitriles is 1. The van der Waals surface area contributed by atoms with Crippen LogP contribution in [-0.2, 0) is 11.8 Å². The van der Waals surface area contributed by atoms with Crippen LogP contribution in [0.3, 0.4) is 0 Å². The van der Waals surface area contributed by atoms with Crippen LogP contribution in [0.25, 0.3) is 16.6 Å². The molecule has 1 saturated carbocycles. The van der Waals surface area contributed by atoms with Crippen LogP contribution in [0, 0.1) is 28.6 Å². The van der Waals surface area contributed by atoms with Crippen molar-refractivity contribution >= 4 is 17.1 Å². The SMILES string of the molecule is CC[C@H]1CN(c2ccnn3cc(-c4cnn(C)c4)cc23)C(=O)[C@@]1(C#N)C1CC1. The number of carbonyl (C=O) groups is 1. The lowest BCUT2D eigenvalue weighted by atomic mass is 9.73. The largest absolute Gasteiger partial charge is 0.309 e. The van der Waals surface area contributed by atoms with Gasteiger partial charge in [-0.1, -0.05) is 6.92 Å². The van der Waals surface area contributed by atoms with Crippen molar-refractivity contribution < 1.29 is 4.79 Å². The van der Waals surface area contributed by atoms with Crippen molar-refractivity contribution in [1.29, 1.82) is 5.26 Å². The van der Waals surface area contributed by atoms with E-state index in [2.05, 4.69) is 23.2 Å². The van der Waals surface area contributed by atoms with E-state index in [0.29, 0.717) is 6.54 Å². The van der Waals surface area contributed by atoms with E-state index in [9.17, 15) is 10.1 Å². The van der Waals surface area contributed by atoms with Crippen LogP contribution in [-0.4, -0.2) is 31.8 Å². The number of aromatic nitrogens is 4. The van der Waals surface area contributed by atoms with Crippen LogP contribution >= 0.6 is 0 Å². The summed E-state index contributed by atoms with van der Waals surface area (Å²) in [5.74, 6) is 0.232. The number of fused-ring (bicyclic) bond motifs is 1. The molecule has 0 N–H and O–H groups in total. The number of carbonyl (C=O) groups excluding carboxylic acids is 1. The molecule has 142 valence electrons. The summed E-state index contributed by atoms with van der Waals surface area (Å²) < 4.78 is 3.56. The van der Waals surface area contributed by atoms with Crippen LogP contribution in [0.1, 0.15) is 26.2 Å². The number of anilines is 1. The minimum atomic E-state index is -0.867. The predicted octanol–water partition coefficient (Wildman–Crippen LogP) is 3.03. The lowest BCUT2D eigenvalue weighted by Crippen LogP contribution is -2.37. The molecule has 7 nitrogen and oxygen atoms in total. The summed E-state index contributed by atoms with van der Waals surface area (Å²) in [6.45, 7) is 2.67. The second kappa shape index (κ2) is 5.93. The normalized spacial score (nSPS) is 24.8. The number of nitrogens with zero attached hydrogens (tertiary/aromatic N) is 6. The van der Waals surface area contributed by atoms with Crippen LogP contribution in [0.15, 0.2) is 36.9 Å². The third-order valence-corrected chi connectivity index (χ3v) is 6.36. The van der Waals surface area contributed by atoms with Gasteiger partial charge in [-0.2, -0.15) is 15.5 Å². The minimum Gasteiger partial charge on any atom is -0.309 e. The first kappa shape index (κ1) is 17.0. The maximum absolute atomic E-state index is 13.5. The molecule has 1 saturated heterocycles. The summed E-state index contributed by atoms with van der Waals surface area (Å²) in [6.07, 6.45) is 10.2. The van der Waals surface area contributed by atoms with E-state index in [0.717, 1.165) is 41.6 Å². The quantitative estimate of drug-likeness (QED) is 0.703. The van der Waals surface area contributed by atoms with Crippen molar-refractivity contribution in [2.24, 2.45) is 24.3 Å². The predicted molar refractivity (Wildman–Crippen MR) is 104 cm³/mol. The fourth-order valence-electron chi connectivity index (χ4n) is 4.74. The van der Waals surface area contributed by atoms with Gasteiger partial charge in [0.05, 0.1) is 23.5 Å². The second-order valence-corrected chi connectivity index (χ2v) is 7.95. The van der Waals surface area contributed by atoms with E-state index < -0.39 is 5.41 Å². The molecule has 0 spiro atoms. The molecular weight excluding hydrogens is 352 g/mol. The van der Waals surface area contributed by atoms with Gasteiger partial charge in [-0.3, -0.25) is 9.48 Å². The summed E-state index contributed by atoms with van der Waals surface area (Å²) in [4.78, 5) is 15.3. The maximum atomic E-state index is 13.5. The van der Waals surface area contributed by atoms with Crippen molar-refractivity contribution in [3.05, 3.63) is 36.9 Å². The first-order chi connectivity index (χ1) is 13.6. The van der Waals surface area contributed by atoms with E-state index in [4.69, 9.17) is 0 Å². The van der Waals surface area contributed by atoms with Crippen molar-refractivity contribution in [3.8, 4) is 17.2 Å². The Kier molecular flexibility index (Phi) is 3.60. The van der Waals surface area contributed by atoms with Gasteiger partial charge in [-0.15, -0.1) is 0 Å². The summed E-state index contributed by atoms with van der Waals surface area (Å²) >= 11 is 0. The van der Waals surface area contributed by atoms with Crippen LogP contribution in [0.4, 0.5) is 5.69 Å². The zero-order valence-corrected chi connectivity index (χ0v) is 16.0. The van der Waals surface area contributed by atoms with Crippen LogP contribution < -0.4 is 4.90 Å². The molecule has 0 bridgehead atoms. The maximum Gasteiger partial charge on any atom is 0.248 e. The molecule has 4 heterocycles. The van der Waals surface area contributed by atoms with E-state index >= 15 is 0 Å². The molecule has 5 rings (SSSR count). The molecule has 1 aliphatic heterocycles. The Balaban J connectivity index is 1.61. The molecule has 2 fully saturated rings. The molecule has 0 aromatic carbocycles. The summed E-state index contributed by atoms with van der Waals surface area (Å²) in [6, 6.07) is 6.37. The number of hydrogen-bond donors (Lipinski definition) is 0. The van der Waals surface area contributed by atoms with Crippen LogP contribution in [0.5, 0.6) is 0 Å². The first-order valence-electron chi connectivity index (χ1n) is 9.78. The highest BCUT2D eigenvalue weighted by molar-refractivity contribution is 6.05. The zero-order valence-electron chi connectivity index (χ0n) is 16.0. The van der Waals surface area contributed by atoms with E-state index in [1.165, 1.54) is 0 Å². The molecule has 3 aromatic heterocycles. The monoisotopic (exact) mass is 374 g/mol. The molecule has 2 atom stereocenters. The third kappa shape index (κ3) is 2.24. The van der Waals surface area contributed by atoms with Gasteiger partial charge in [0.1, 0.15) is 5.41 Å². The third-order valence-electron chi connectivity index (χ3n) is 6.36. The number of amides is 1. The highest BCUT2D eigenvalue weighted by Crippen LogP contribution is 2.55. The van der Waals surface area contributed by atoms with Crippen molar-refractivity contribution in [2.45, 2.75) is 26.2 Å². The lowest BCUT2D eigenvalue weighted by molar-refractivity contribution is -0.125. The highest BCUT2D eigenvalue weighted by Gasteiger charge is 2.61. The Bertz CT molecular complexity index is 1120. The Morgan fingerprint density at radius 1 is 1.29 bits per heavy atom. The average Bonchev–Trinajstić information content (AvgIpc) is 3.19. The molecule has 1 amide bonds. The molecule has 7 heteroatoms. The minimum absolute atomic E-state index is 0.0402. The van der Waals surface area contributed by atoms with E-state index in [1.807, 2.05) is 42.7 Å². The smallest absolute Gasteiger partial charge is 0.248 e. The van der Waals surface area contributed by atoms with Gasteiger partial charge in [-0.25, -0.2) is 4.52 Å². The Hall–Kier alpha value is -3.14. The van der Waals surface area contributed by atoms with Gasteiger partial charge < -0.3 is 4.90 Å². The molecule has 0 unspecified atom stereocenters. The van der Waals surface area contributed by atoms with Gasteiger partial charge in [0.15, 0.2) is 0 Å². The van der Waals surface area contributed by atoms with Crippen molar-refractivity contribution in [1.82, 2.24) is 19.4 Å². The fraction of sp³-hybridized carbons (Fsp3) is 0.429. The van der Waals surface area contributed by atoms with E-state index in [1.54, 1.807) is 15.4 Å². The van der Waals surface area contributed by atoms with Gasteiger partial charge in [-0.05, 0) is 37.3 Å². The highest BCUT2D eigenvalue weighted by atomic mass is 16.2. The summed E-state index contributed by atoms with van der Waals surface area (Å²) in [5, 5.41) is 18.7. The Morgan fingerprint density at radius 3 is 2.75 bits per heavy atom. The number of rotatable bonds is 4. The van der Waals surface area contributed by atoms with Gasteiger partial charge in [0.25, 0.3) is 0 Å². The molecular formula is C21H22N6O. The van der Waals surface area contributed by atoms with Crippen molar-refractivity contribution in [3.63, 3.8) is 0 Å². The Labute approximate surface area is 163 Å². The molecule has 1 aliphatic carbocycles. The Morgan fingerprint density at radius 2 is 2.11 bits per heavy atom. The average molecular weight is 374 g/mol. The number of hydrogen-bond acceptors (Lipinski definition) is 4. The fourth-order valence-corrected chi connectivity index (χ4v) is 4.74. The lowest BCUT2D eigenvalue weighted by Gasteiger charge is -2.24. The standard InChI is InChI=1S/C21H22N6O/c1-3-16-12-26(20(28)21(16,13-22)17-4-5-17)18-6-7-23-27-11-14(8-19(18)27)15-9-24-25(2)10-15/h6-11,16-17H,3-5,12H2,1-2H3/t16-,21+/m0/s1. The van der Waals surface area contributed by atoms with E-state index in [-0.39, 0.29) is 17.7 Å². The molecule has 3 aromatic rings. The summed E-state index contributed by atoms with van der Waals surface area (Å²) in [7, 11) is 1.89. The molecule has 0 radical (unpaired) electrons. The van der Waals surface area contributed by atoms with Crippen molar-refractivity contribution in [2.75, 3.05) is 11.4 Å². The first-order valence-corrected chi connectivity index (χ1v) is 9.78. The molecule has 2 aliphatic rings. The number of aryl methyl sites for hydroxylation is 1. The van der Waals surface area contributed by atoms with Gasteiger partial charge >= 0.3 is 0 Å². The topological polar surface area (TPSA) is 79.2 Å². The molecule has 28 heavy (non-hydrogen) atoms. The zero-order chi connectivity index (χ0) is 19.5. The van der Waals surface area contributed by atoms with Gasteiger partial charge in [0, 0.05) is 49.2 Å². The second-order valence-electron chi connectivity index (χ2n) is 7.95. The summed E-state index contributed by atoms with van der Waals surface area (Å²) in [5.41, 5.74) is 2.83.